The number of carbonyl (C=O) groups is 1. The van der Waals surface area contributed by atoms with E-state index >= 15 is 0 Å². The second kappa shape index (κ2) is 7.06. The molecule has 0 spiro atoms. The van der Waals surface area contributed by atoms with Gasteiger partial charge < -0.3 is 5.32 Å². The highest BCUT2D eigenvalue weighted by Crippen LogP contribution is 2.36. The Balaban J connectivity index is 1.45. The number of hydrogen-bond donors (Lipinski definition) is 2. The molecule has 2 heterocycles. The number of H-pyrrole nitrogens is 1. The Kier molecular flexibility index (Phi) is 4.58. The van der Waals surface area contributed by atoms with Crippen LogP contribution in [0.1, 0.15) is 23.4 Å². The maximum atomic E-state index is 13.1. The molecule has 144 valence electrons. The zero-order chi connectivity index (χ0) is 19.7. The molecule has 1 unspecified atom stereocenters. The highest BCUT2D eigenvalue weighted by Gasteiger charge is 2.40. The van der Waals surface area contributed by atoms with Gasteiger partial charge in [-0.1, -0.05) is 30.3 Å². The van der Waals surface area contributed by atoms with Crippen molar-refractivity contribution in [2.45, 2.75) is 25.4 Å². The summed E-state index contributed by atoms with van der Waals surface area (Å²) in [6.07, 6.45) is -3.77. The van der Waals surface area contributed by atoms with E-state index in [4.69, 9.17) is 0 Å². The van der Waals surface area contributed by atoms with Gasteiger partial charge in [-0.05, 0) is 31.4 Å². The van der Waals surface area contributed by atoms with Crippen molar-refractivity contribution in [3.05, 3.63) is 59.4 Å². The molecule has 0 saturated heterocycles. The number of aryl methyl sites for hydroxylation is 1. The van der Waals surface area contributed by atoms with Gasteiger partial charge in [-0.25, -0.2) is 0 Å². The van der Waals surface area contributed by atoms with Crippen LogP contribution in [0.15, 0.2) is 42.5 Å². The molecule has 2 aromatic heterocycles. The molecule has 1 aromatic carbocycles. The quantitative estimate of drug-likeness (QED) is 0.719. The number of hydrogen-bond acceptors (Lipinski definition) is 4. The SMILES string of the molecule is O=C(Nc1ccc(-c2ccccc2)nn1)C1CCc2[nH]nc(C(F)(F)F)c2C1. The molecule has 0 fully saturated rings. The number of aromatic amines is 1. The molecule has 0 aliphatic heterocycles. The maximum Gasteiger partial charge on any atom is 0.435 e. The number of alkyl halides is 3. The van der Waals surface area contributed by atoms with Crippen molar-refractivity contribution in [1.82, 2.24) is 20.4 Å². The average molecular weight is 387 g/mol. The van der Waals surface area contributed by atoms with E-state index in [1.54, 1.807) is 12.1 Å². The second-order valence-electron chi connectivity index (χ2n) is 6.63. The molecule has 9 heteroatoms. The van der Waals surface area contributed by atoms with Crippen LogP contribution in [0.4, 0.5) is 19.0 Å². The number of carbonyl (C=O) groups excluding carboxylic acids is 1. The fraction of sp³-hybridized carbons (Fsp3) is 0.263. The molecule has 6 nitrogen and oxygen atoms in total. The molecule has 2 N–H and O–H groups in total. The Morgan fingerprint density at radius 1 is 1.11 bits per heavy atom. The number of amides is 1. The zero-order valence-corrected chi connectivity index (χ0v) is 14.6. The summed E-state index contributed by atoms with van der Waals surface area (Å²) in [5.41, 5.74) is 1.14. The molecule has 0 radical (unpaired) electrons. The van der Waals surface area contributed by atoms with Gasteiger partial charge >= 0.3 is 6.18 Å². The summed E-state index contributed by atoms with van der Waals surface area (Å²) in [6, 6.07) is 12.8. The van der Waals surface area contributed by atoms with Crippen LogP contribution >= 0.6 is 0 Å². The first kappa shape index (κ1) is 18.1. The van der Waals surface area contributed by atoms with Gasteiger partial charge in [0.05, 0.1) is 5.69 Å². The third-order valence-electron chi connectivity index (χ3n) is 4.77. The third-order valence-corrected chi connectivity index (χ3v) is 4.77. The van der Waals surface area contributed by atoms with Crippen molar-refractivity contribution >= 4 is 11.7 Å². The number of nitrogens with one attached hydrogen (secondary N) is 2. The number of nitrogens with zero attached hydrogens (tertiary/aromatic N) is 3. The number of anilines is 1. The number of rotatable bonds is 3. The number of fused-ring (bicyclic) bond motifs is 1. The molecule has 0 bridgehead atoms. The van der Waals surface area contributed by atoms with Crippen molar-refractivity contribution in [2.75, 3.05) is 5.32 Å². The van der Waals surface area contributed by atoms with Gasteiger partial charge in [-0.3, -0.25) is 9.89 Å². The summed E-state index contributed by atoms with van der Waals surface area (Å²) < 4.78 is 39.2. The lowest BCUT2D eigenvalue weighted by molar-refractivity contribution is -0.142. The molecule has 1 atom stereocenters. The average Bonchev–Trinajstić information content (AvgIpc) is 3.13. The van der Waals surface area contributed by atoms with Crippen molar-refractivity contribution < 1.29 is 18.0 Å². The lowest BCUT2D eigenvalue weighted by atomic mass is 9.85. The molecule has 28 heavy (non-hydrogen) atoms. The van der Waals surface area contributed by atoms with Gasteiger partial charge in [0, 0.05) is 22.7 Å². The van der Waals surface area contributed by atoms with Gasteiger partial charge in [-0.15, -0.1) is 10.2 Å². The highest BCUT2D eigenvalue weighted by molar-refractivity contribution is 5.92. The smallest absolute Gasteiger partial charge is 0.309 e. The predicted octanol–water partition coefficient (Wildman–Crippen LogP) is 3.63. The summed E-state index contributed by atoms with van der Waals surface area (Å²) in [5, 5.41) is 16.6. The van der Waals surface area contributed by atoms with Crippen molar-refractivity contribution in [2.24, 2.45) is 5.92 Å². The normalized spacial score (nSPS) is 16.5. The fourth-order valence-corrected chi connectivity index (χ4v) is 3.34. The number of halogens is 3. The largest absolute Gasteiger partial charge is 0.435 e. The van der Waals surface area contributed by atoms with E-state index < -0.39 is 17.8 Å². The summed E-state index contributed by atoms with van der Waals surface area (Å²) in [5.74, 6) is -0.692. The van der Waals surface area contributed by atoms with E-state index in [2.05, 4.69) is 25.7 Å². The van der Waals surface area contributed by atoms with Crippen LogP contribution < -0.4 is 5.32 Å². The van der Waals surface area contributed by atoms with E-state index in [0.717, 1.165) is 5.56 Å². The zero-order valence-electron chi connectivity index (χ0n) is 14.6. The topological polar surface area (TPSA) is 83.6 Å². The minimum Gasteiger partial charge on any atom is -0.309 e. The molecule has 1 amide bonds. The summed E-state index contributed by atoms with van der Waals surface area (Å²) >= 11 is 0. The van der Waals surface area contributed by atoms with E-state index in [1.165, 1.54) is 0 Å². The molecule has 3 aromatic rings. The van der Waals surface area contributed by atoms with Gasteiger partial charge in [0.1, 0.15) is 0 Å². The first-order valence-electron chi connectivity index (χ1n) is 8.75. The van der Waals surface area contributed by atoms with Crippen LogP contribution in [0.2, 0.25) is 0 Å². The Labute approximate surface area is 158 Å². The van der Waals surface area contributed by atoms with Crippen molar-refractivity contribution in [3.63, 3.8) is 0 Å². The van der Waals surface area contributed by atoms with Gasteiger partial charge in [0.2, 0.25) is 5.91 Å². The van der Waals surface area contributed by atoms with Crippen LogP contribution in [0.3, 0.4) is 0 Å². The van der Waals surface area contributed by atoms with Crippen LogP contribution in [0, 0.1) is 5.92 Å². The Morgan fingerprint density at radius 2 is 1.89 bits per heavy atom. The summed E-state index contributed by atoms with van der Waals surface area (Å²) in [7, 11) is 0. The third kappa shape index (κ3) is 3.60. The summed E-state index contributed by atoms with van der Waals surface area (Å²) in [4.78, 5) is 12.5. The number of benzene rings is 1. The van der Waals surface area contributed by atoms with Gasteiger partial charge in [0.25, 0.3) is 0 Å². The Bertz CT molecular complexity index is 983. The monoisotopic (exact) mass is 387 g/mol. The molecular weight excluding hydrogens is 371 g/mol. The van der Waals surface area contributed by atoms with Crippen LogP contribution in [0.25, 0.3) is 11.3 Å². The molecule has 1 aliphatic rings. The fourth-order valence-electron chi connectivity index (χ4n) is 3.34. The lowest BCUT2D eigenvalue weighted by Gasteiger charge is -2.21. The second-order valence-corrected chi connectivity index (χ2v) is 6.63. The van der Waals surface area contributed by atoms with Crippen LogP contribution in [-0.4, -0.2) is 26.3 Å². The minimum absolute atomic E-state index is 0.0119. The van der Waals surface area contributed by atoms with E-state index in [0.29, 0.717) is 24.2 Å². The minimum atomic E-state index is -4.54. The summed E-state index contributed by atoms with van der Waals surface area (Å²) in [6.45, 7) is 0. The molecule has 4 rings (SSSR count). The van der Waals surface area contributed by atoms with Crippen LogP contribution in [0.5, 0.6) is 0 Å². The molecule has 1 aliphatic carbocycles. The Hall–Kier alpha value is -3.23. The first-order chi connectivity index (χ1) is 13.4. The maximum absolute atomic E-state index is 13.1. The van der Waals surface area contributed by atoms with E-state index in [1.807, 2.05) is 30.3 Å². The highest BCUT2D eigenvalue weighted by atomic mass is 19.4. The number of aromatic nitrogens is 4. The van der Waals surface area contributed by atoms with Crippen LogP contribution in [-0.2, 0) is 23.8 Å². The van der Waals surface area contributed by atoms with E-state index in [9.17, 15) is 18.0 Å². The molecule has 0 saturated carbocycles. The Morgan fingerprint density at radius 3 is 2.57 bits per heavy atom. The lowest BCUT2D eigenvalue weighted by Crippen LogP contribution is -2.29. The van der Waals surface area contributed by atoms with Crippen molar-refractivity contribution in [1.29, 1.82) is 0 Å². The van der Waals surface area contributed by atoms with E-state index in [-0.39, 0.29) is 23.7 Å². The predicted molar refractivity (Wildman–Crippen MR) is 95.2 cm³/mol. The standard InChI is InChI=1S/C19H16F3N5O/c20-19(21,22)17-13-10-12(6-7-15(13)25-27-17)18(28)23-16-9-8-14(24-26-16)11-4-2-1-3-5-11/h1-5,8-9,12H,6-7,10H2,(H,25,27)(H,23,26,28). The molecular formula is C19H16F3N5O. The van der Waals surface area contributed by atoms with Gasteiger partial charge in [0.15, 0.2) is 11.5 Å². The van der Waals surface area contributed by atoms with Gasteiger partial charge in [-0.2, -0.15) is 18.3 Å². The first-order valence-corrected chi connectivity index (χ1v) is 8.75. The van der Waals surface area contributed by atoms with Crippen molar-refractivity contribution in [3.8, 4) is 11.3 Å².